The molecule has 0 bridgehead atoms. The van der Waals surface area contributed by atoms with Crippen LogP contribution in [0.5, 0.6) is 11.5 Å². The highest BCUT2D eigenvalue weighted by Gasteiger charge is 2.42. The first-order chi connectivity index (χ1) is 41.6. The van der Waals surface area contributed by atoms with E-state index in [9.17, 15) is 0 Å². The maximum atomic E-state index is 7.06. The minimum atomic E-state index is -0.0338. The summed E-state index contributed by atoms with van der Waals surface area (Å²) in [5, 5.41) is 2.32. The maximum Gasteiger partial charge on any atom is 0.246 e. The van der Waals surface area contributed by atoms with Gasteiger partial charge in [0.15, 0.2) is 0 Å². The lowest BCUT2D eigenvalue weighted by Gasteiger charge is -2.33. The fourth-order valence-corrected chi connectivity index (χ4v) is 13.1. The topological polar surface area (TPSA) is 33.5 Å². The van der Waals surface area contributed by atoms with Gasteiger partial charge in [0.2, 0.25) is 6.71 Å². The van der Waals surface area contributed by atoms with Gasteiger partial charge < -0.3 is 14.5 Å². The lowest BCUT2D eigenvalue weighted by molar-refractivity contribution is 0.483. The molecule has 0 saturated carbocycles. The average Bonchev–Trinajstić information content (AvgIpc) is 1.95. The van der Waals surface area contributed by atoms with E-state index < -0.39 is 0 Å². The Morgan fingerprint density at radius 3 is 1.39 bits per heavy atom. The number of para-hydroxylation sites is 3. The second-order valence-corrected chi connectivity index (χ2v) is 21.9. The number of anilines is 4. The van der Waals surface area contributed by atoms with Gasteiger partial charge in [-0.15, -0.1) is 0 Å². The van der Waals surface area contributed by atoms with Gasteiger partial charge in [-0.1, -0.05) is 218 Å². The first-order valence-electron chi connectivity index (χ1n) is 28.8. The molecule has 2 aromatic heterocycles. The summed E-state index contributed by atoms with van der Waals surface area (Å²) in [7, 11) is 0. The SMILES string of the molecule is c1ccc(B2c3ccc(Oc4ccc5c6ccccc6n(-c6ccccn6)c5c4)cc3N3CN(c4c(-c5cc(-c6ccccc6)cc(-c6ccccc6)c5)cccc4-c4cc(-c5ccccc5)cc(-c5ccccc5)c4)c4cccc2c43)cc1. The molecule has 12 aromatic carbocycles. The smallest absolute Gasteiger partial charge is 0.246 e. The molecule has 2 aliphatic heterocycles. The highest BCUT2D eigenvalue weighted by atomic mass is 16.5. The Morgan fingerprint density at radius 1 is 0.321 bits per heavy atom. The minimum absolute atomic E-state index is 0.0338. The summed E-state index contributed by atoms with van der Waals surface area (Å²) in [6.07, 6.45) is 1.85. The van der Waals surface area contributed by atoms with Gasteiger partial charge in [0.1, 0.15) is 24.0 Å². The largest absolute Gasteiger partial charge is 0.457 e. The number of pyridine rings is 1. The first kappa shape index (κ1) is 48.9. The number of hydrogen-bond acceptors (Lipinski definition) is 4. The highest BCUT2D eigenvalue weighted by Crippen LogP contribution is 2.52. The molecule has 0 aliphatic carbocycles. The van der Waals surface area contributed by atoms with Crippen molar-refractivity contribution in [2.45, 2.75) is 0 Å². The number of rotatable bonds is 11. The van der Waals surface area contributed by atoms with Crippen molar-refractivity contribution in [3.05, 3.63) is 310 Å². The van der Waals surface area contributed by atoms with Crippen LogP contribution in [0.15, 0.2) is 310 Å². The molecule has 0 unspecified atom stereocenters. The lowest BCUT2D eigenvalue weighted by atomic mass is 9.35. The molecule has 0 amide bonds. The van der Waals surface area contributed by atoms with Crippen LogP contribution in [0.3, 0.4) is 0 Å². The summed E-state index contributed by atoms with van der Waals surface area (Å²) >= 11 is 0. The summed E-state index contributed by atoms with van der Waals surface area (Å²) < 4.78 is 9.30. The molecular formula is C78H53BN4O. The lowest BCUT2D eigenvalue weighted by Crippen LogP contribution is -2.57. The molecule has 394 valence electrons. The van der Waals surface area contributed by atoms with E-state index in [4.69, 9.17) is 9.72 Å². The Kier molecular flexibility index (Phi) is 12.0. The van der Waals surface area contributed by atoms with Gasteiger partial charge >= 0.3 is 0 Å². The predicted octanol–water partition coefficient (Wildman–Crippen LogP) is 18.0. The molecule has 0 radical (unpaired) electrons. The van der Waals surface area contributed by atoms with Gasteiger partial charge in [-0.2, -0.15) is 0 Å². The molecule has 0 N–H and O–H groups in total. The molecule has 2 aliphatic rings. The number of hydrogen-bond donors (Lipinski definition) is 0. The second-order valence-electron chi connectivity index (χ2n) is 21.9. The molecule has 16 rings (SSSR count). The minimum Gasteiger partial charge on any atom is -0.457 e. The van der Waals surface area contributed by atoms with Crippen LogP contribution in [0.25, 0.3) is 94.4 Å². The van der Waals surface area contributed by atoms with Crippen LogP contribution in [0.1, 0.15) is 0 Å². The zero-order valence-electron chi connectivity index (χ0n) is 45.9. The van der Waals surface area contributed by atoms with Crippen molar-refractivity contribution in [3.63, 3.8) is 0 Å². The van der Waals surface area contributed by atoms with Crippen LogP contribution in [-0.2, 0) is 0 Å². The summed E-state index contributed by atoms with van der Waals surface area (Å²) in [6.45, 7) is 0.520. The third-order valence-electron chi connectivity index (χ3n) is 16.9. The van der Waals surface area contributed by atoms with E-state index in [1.54, 1.807) is 0 Å². The Morgan fingerprint density at radius 2 is 0.810 bits per heavy atom. The van der Waals surface area contributed by atoms with Gasteiger partial charge in [-0.25, -0.2) is 4.98 Å². The van der Waals surface area contributed by atoms with Crippen LogP contribution >= 0.6 is 0 Å². The Balaban J connectivity index is 0.903. The average molecular weight is 1070 g/mol. The van der Waals surface area contributed by atoms with Crippen molar-refractivity contribution in [2.75, 3.05) is 16.5 Å². The van der Waals surface area contributed by atoms with E-state index >= 15 is 0 Å². The zero-order valence-corrected chi connectivity index (χ0v) is 45.9. The van der Waals surface area contributed by atoms with Gasteiger partial charge in [0.25, 0.3) is 0 Å². The molecule has 0 saturated heterocycles. The van der Waals surface area contributed by atoms with Crippen LogP contribution < -0.4 is 30.9 Å². The summed E-state index contributed by atoms with van der Waals surface area (Å²) in [5.41, 5.74) is 24.3. The molecule has 0 atom stereocenters. The maximum absolute atomic E-state index is 7.06. The Hall–Kier alpha value is -10.9. The van der Waals surface area contributed by atoms with Crippen molar-refractivity contribution < 1.29 is 4.74 Å². The van der Waals surface area contributed by atoms with E-state index in [1.807, 2.05) is 18.3 Å². The van der Waals surface area contributed by atoms with E-state index in [1.165, 1.54) is 49.7 Å². The number of nitrogens with zero attached hydrogens (tertiary/aromatic N) is 4. The number of aromatic nitrogens is 2. The van der Waals surface area contributed by atoms with E-state index in [0.717, 1.165) is 95.3 Å². The summed E-state index contributed by atoms with van der Waals surface area (Å²) in [5.74, 6) is 2.37. The van der Waals surface area contributed by atoms with Gasteiger partial charge in [-0.05, 0) is 145 Å². The predicted molar refractivity (Wildman–Crippen MR) is 351 cm³/mol. The fourth-order valence-electron chi connectivity index (χ4n) is 13.1. The second kappa shape index (κ2) is 20.5. The number of ether oxygens (including phenoxy) is 1. The third kappa shape index (κ3) is 8.54. The first-order valence-corrected chi connectivity index (χ1v) is 28.8. The fraction of sp³-hybridized carbons (Fsp3) is 0.0128. The van der Waals surface area contributed by atoms with Gasteiger partial charge in [0.05, 0.1) is 28.1 Å². The quantitative estimate of drug-likeness (QED) is 0.121. The normalized spacial score (nSPS) is 12.4. The zero-order chi connectivity index (χ0) is 55.5. The molecule has 0 spiro atoms. The van der Waals surface area contributed by atoms with Crippen molar-refractivity contribution in [3.8, 4) is 84.1 Å². The number of benzene rings is 12. The van der Waals surface area contributed by atoms with Crippen LogP contribution in [0.2, 0.25) is 0 Å². The highest BCUT2D eigenvalue weighted by molar-refractivity contribution is 6.98. The summed E-state index contributed by atoms with van der Waals surface area (Å²) in [6, 6.07) is 110. The molecule has 14 aromatic rings. The van der Waals surface area contributed by atoms with Crippen molar-refractivity contribution in [2.24, 2.45) is 0 Å². The van der Waals surface area contributed by atoms with Crippen LogP contribution in [0.4, 0.5) is 22.7 Å². The van der Waals surface area contributed by atoms with Gasteiger partial charge in [0, 0.05) is 45.9 Å². The van der Waals surface area contributed by atoms with Crippen LogP contribution in [0, 0.1) is 0 Å². The molecular weight excluding hydrogens is 1020 g/mol. The molecule has 5 nitrogen and oxygen atoms in total. The molecule has 84 heavy (non-hydrogen) atoms. The van der Waals surface area contributed by atoms with E-state index in [-0.39, 0.29) is 6.71 Å². The van der Waals surface area contributed by atoms with Crippen LogP contribution in [-0.4, -0.2) is 22.9 Å². The Bertz CT molecular complexity index is 4520. The molecule has 6 heteroatoms. The Labute approximate surface area is 489 Å². The van der Waals surface area contributed by atoms with E-state index in [0.29, 0.717) is 6.67 Å². The summed E-state index contributed by atoms with van der Waals surface area (Å²) in [4.78, 5) is 9.94. The standard InChI is InChI=1S/C78H53BN4O/c1-6-22-53(23-7-1)57-44-58(54-24-8-2-9-25-54)47-61(46-57)66-33-20-34-67(62-48-59(55-26-10-3-11-27-55)45-60(49-62)56-28-12-4-13-29-56)77(66)81-52-82-75-51-65(40-42-70(75)79(63-30-14-5-15-31-63)71-35-21-37-73(81)78(71)82)84-64-39-41-69-68-32-16-17-36-72(68)83(74(69)50-64)76-38-18-19-43-80-76/h1-51H,52H2. The van der Waals surface area contributed by atoms with E-state index in [2.05, 4.69) is 306 Å². The third-order valence-corrected chi connectivity index (χ3v) is 16.9. The van der Waals surface area contributed by atoms with Crippen molar-refractivity contribution in [1.82, 2.24) is 9.55 Å². The van der Waals surface area contributed by atoms with Crippen molar-refractivity contribution >= 4 is 67.7 Å². The molecule has 0 fully saturated rings. The van der Waals surface area contributed by atoms with Crippen molar-refractivity contribution in [1.29, 1.82) is 0 Å². The monoisotopic (exact) mass is 1070 g/mol. The molecule has 4 heterocycles. The number of fused-ring (bicyclic) bond motifs is 5. The van der Waals surface area contributed by atoms with Gasteiger partial charge in [-0.3, -0.25) is 4.57 Å².